The smallest absolute Gasteiger partial charge is 0.322 e. The number of aliphatic hydroxyl groups is 1. The summed E-state index contributed by atoms with van der Waals surface area (Å²) in [6.45, 7) is 1.64. The summed E-state index contributed by atoms with van der Waals surface area (Å²) in [4.78, 5) is 12.5. The van der Waals surface area contributed by atoms with Gasteiger partial charge < -0.3 is 14.7 Å². The van der Waals surface area contributed by atoms with Gasteiger partial charge in [0, 0.05) is 13.1 Å². The molecule has 0 aromatic heterocycles. The third kappa shape index (κ3) is 8.08. The van der Waals surface area contributed by atoms with E-state index in [-0.39, 0.29) is 6.54 Å². The predicted molar refractivity (Wildman–Crippen MR) is 63.0 cm³/mol. The Morgan fingerprint density at radius 3 is 2.41 bits per heavy atom. The van der Waals surface area contributed by atoms with Gasteiger partial charge in [0.05, 0.1) is 12.7 Å². The minimum atomic E-state index is -3.76. The highest BCUT2D eigenvalue weighted by atomic mass is 32.2. The van der Waals surface area contributed by atoms with Crippen LogP contribution in [0.3, 0.4) is 0 Å². The van der Waals surface area contributed by atoms with Crippen LogP contribution in [0.15, 0.2) is 0 Å². The standard InChI is InChI=1S/C9H20N2O5S/c1-9(13,7-11(2)3)6-10-17(14,15)5-8(12)16-4/h10,13H,5-7H2,1-4H3. The lowest BCUT2D eigenvalue weighted by molar-refractivity contribution is -0.137. The van der Waals surface area contributed by atoms with Crippen molar-refractivity contribution in [1.29, 1.82) is 0 Å². The molecule has 2 N–H and O–H groups in total. The lowest BCUT2D eigenvalue weighted by Crippen LogP contribution is -2.48. The summed E-state index contributed by atoms with van der Waals surface area (Å²) in [6.07, 6.45) is 0. The zero-order valence-corrected chi connectivity index (χ0v) is 11.4. The minimum Gasteiger partial charge on any atom is -0.468 e. The van der Waals surface area contributed by atoms with Gasteiger partial charge in [-0.05, 0) is 21.0 Å². The van der Waals surface area contributed by atoms with Crippen molar-refractivity contribution in [2.45, 2.75) is 12.5 Å². The number of esters is 1. The molecular weight excluding hydrogens is 248 g/mol. The fraction of sp³-hybridized carbons (Fsp3) is 0.889. The second-order valence-corrected chi connectivity index (χ2v) is 6.20. The Morgan fingerprint density at radius 1 is 1.47 bits per heavy atom. The molecule has 0 aliphatic carbocycles. The number of likely N-dealkylation sites (N-methyl/N-ethyl adjacent to an activating group) is 1. The van der Waals surface area contributed by atoms with Crippen molar-refractivity contribution in [2.75, 3.05) is 40.0 Å². The van der Waals surface area contributed by atoms with E-state index in [1.54, 1.807) is 19.0 Å². The molecule has 0 fully saturated rings. The Hall–Kier alpha value is -0.700. The molecule has 0 aliphatic rings. The highest BCUT2D eigenvalue weighted by Crippen LogP contribution is 2.03. The Balaban J connectivity index is 4.31. The van der Waals surface area contributed by atoms with Gasteiger partial charge in [-0.3, -0.25) is 4.79 Å². The molecule has 8 heteroatoms. The zero-order valence-electron chi connectivity index (χ0n) is 10.6. The third-order valence-corrected chi connectivity index (χ3v) is 3.07. The van der Waals surface area contributed by atoms with Crippen molar-refractivity contribution in [3.05, 3.63) is 0 Å². The first-order valence-electron chi connectivity index (χ1n) is 4.99. The third-order valence-electron chi connectivity index (χ3n) is 1.87. The molecular formula is C9H20N2O5S. The van der Waals surface area contributed by atoms with Gasteiger partial charge in [-0.1, -0.05) is 0 Å². The van der Waals surface area contributed by atoms with Crippen molar-refractivity contribution in [3.63, 3.8) is 0 Å². The van der Waals surface area contributed by atoms with Crippen LogP contribution in [0, 0.1) is 0 Å². The fourth-order valence-electron chi connectivity index (χ4n) is 1.27. The van der Waals surface area contributed by atoms with Crippen molar-refractivity contribution >= 4 is 16.0 Å². The topological polar surface area (TPSA) is 95.9 Å². The number of sulfonamides is 1. The van der Waals surface area contributed by atoms with E-state index in [2.05, 4.69) is 9.46 Å². The van der Waals surface area contributed by atoms with Crippen LogP contribution in [-0.2, 0) is 19.6 Å². The summed E-state index contributed by atoms with van der Waals surface area (Å²) >= 11 is 0. The summed E-state index contributed by atoms with van der Waals surface area (Å²) in [5.41, 5.74) is -1.20. The molecule has 1 unspecified atom stereocenters. The summed E-state index contributed by atoms with van der Waals surface area (Å²) in [7, 11) is 0.869. The Kier molecular flexibility index (Phi) is 6.03. The van der Waals surface area contributed by atoms with Gasteiger partial charge in [-0.2, -0.15) is 0 Å². The van der Waals surface area contributed by atoms with Crippen LogP contribution in [0.2, 0.25) is 0 Å². The maximum Gasteiger partial charge on any atom is 0.322 e. The van der Waals surface area contributed by atoms with Crippen LogP contribution in [0.25, 0.3) is 0 Å². The van der Waals surface area contributed by atoms with E-state index in [1.807, 2.05) is 0 Å². The highest BCUT2D eigenvalue weighted by molar-refractivity contribution is 7.90. The molecule has 0 aromatic carbocycles. The number of hydrogen-bond donors (Lipinski definition) is 2. The normalized spacial score (nSPS) is 15.6. The van der Waals surface area contributed by atoms with E-state index in [4.69, 9.17) is 0 Å². The van der Waals surface area contributed by atoms with Crippen LogP contribution in [0.4, 0.5) is 0 Å². The number of rotatable bonds is 7. The zero-order chi connectivity index (χ0) is 13.7. The second kappa shape index (κ2) is 6.29. The fourth-order valence-corrected chi connectivity index (χ4v) is 2.33. The SMILES string of the molecule is COC(=O)CS(=O)(=O)NCC(C)(O)CN(C)C. The predicted octanol–water partition coefficient (Wildman–Crippen LogP) is -1.61. The van der Waals surface area contributed by atoms with Gasteiger partial charge in [0.1, 0.15) is 0 Å². The van der Waals surface area contributed by atoms with Crippen LogP contribution < -0.4 is 4.72 Å². The molecule has 1 atom stereocenters. The molecule has 102 valence electrons. The molecule has 0 spiro atoms. The number of hydrogen-bond acceptors (Lipinski definition) is 6. The highest BCUT2D eigenvalue weighted by Gasteiger charge is 2.25. The number of ether oxygens (including phenoxy) is 1. The second-order valence-electron chi connectivity index (χ2n) is 4.39. The van der Waals surface area contributed by atoms with Crippen LogP contribution in [-0.4, -0.2) is 70.0 Å². The van der Waals surface area contributed by atoms with Crippen molar-refractivity contribution < 1.29 is 23.1 Å². The lowest BCUT2D eigenvalue weighted by Gasteiger charge is -2.26. The van der Waals surface area contributed by atoms with E-state index in [0.29, 0.717) is 6.54 Å². The minimum absolute atomic E-state index is 0.162. The van der Waals surface area contributed by atoms with E-state index >= 15 is 0 Å². The maximum absolute atomic E-state index is 11.4. The van der Waals surface area contributed by atoms with Gasteiger partial charge in [-0.15, -0.1) is 0 Å². The van der Waals surface area contributed by atoms with Gasteiger partial charge in [-0.25, -0.2) is 13.1 Å². The van der Waals surface area contributed by atoms with Gasteiger partial charge in [0.25, 0.3) is 0 Å². The molecule has 0 amide bonds. The van der Waals surface area contributed by atoms with E-state index < -0.39 is 27.3 Å². The number of nitrogens with zero attached hydrogens (tertiary/aromatic N) is 1. The summed E-state index contributed by atoms with van der Waals surface area (Å²) in [5.74, 6) is -1.59. The molecule has 0 aromatic rings. The van der Waals surface area contributed by atoms with Crippen molar-refractivity contribution in [2.24, 2.45) is 0 Å². The molecule has 0 saturated carbocycles. The van der Waals surface area contributed by atoms with E-state index in [1.165, 1.54) is 6.92 Å². The molecule has 7 nitrogen and oxygen atoms in total. The Bertz CT molecular complexity index is 350. The van der Waals surface area contributed by atoms with Crippen molar-refractivity contribution in [3.8, 4) is 0 Å². The molecule has 0 rings (SSSR count). The molecule has 0 aliphatic heterocycles. The number of carbonyl (C=O) groups is 1. The van der Waals surface area contributed by atoms with Gasteiger partial charge in [0.15, 0.2) is 5.75 Å². The molecule has 0 heterocycles. The van der Waals surface area contributed by atoms with E-state index in [9.17, 15) is 18.3 Å². The first kappa shape index (κ1) is 16.3. The Labute approximate surface area is 102 Å². The number of methoxy groups -OCH3 is 1. The van der Waals surface area contributed by atoms with Gasteiger partial charge >= 0.3 is 5.97 Å². The lowest BCUT2D eigenvalue weighted by atomic mass is 10.1. The van der Waals surface area contributed by atoms with Crippen LogP contribution >= 0.6 is 0 Å². The molecule has 0 saturated heterocycles. The summed E-state index contributed by atoms with van der Waals surface area (Å²) in [5, 5.41) is 9.85. The summed E-state index contributed by atoms with van der Waals surface area (Å²) < 4.78 is 29.2. The van der Waals surface area contributed by atoms with E-state index in [0.717, 1.165) is 7.11 Å². The van der Waals surface area contributed by atoms with Gasteiger partial charge in [0.2, 0.25) is 10.0 Å². The van der Waals surface area contributed by atoms with Crippen LogP contribution in [0.1, 0.15) is 6.92 Å². The molecule has 17 heavy (non-hydrogen) atoms. The quantitative estimate of drug-likeness (QED) is 0.539. The Morgan fingerprint density at radius 2 is 2.00 bits per heavy atom. The molecule has 0 radical (unpaired) electrons. The maximum atomic E-state index is 11.4. The average molecular weight is 268 g/mol. The number of carbonyl (C=O) groups excluding carboxylic acids is 1. The molecule has 0 bridgehead atoms. The number of nitrogens with one attached hydrogen (secondary N) is 1. The first-order valence-corrected chi connectivity index (χ1v) is 6.64. The average Bonchev–Trinajstić information content (AvgIpc) is 2.12. The monoisotopic (exact) mass is 268 g/mol. The first-order chi connectivity index (χ1) is 7.58. The van der Waals surface area contributed by atoms with Crippen LogP contribution in [0.5, 0.6) is 0 Å². The summed E-state index contributed by atoms with van der Waals surface area (Å²) in [6, 6.07) is 0. The largest absolute Gasteiger partial charge is 0.468 e. The van der Waals surface area contributed by atoms with Crippen molar-refractivity contribution in [1.82, 2.24) is 9.62 Å².